The number of thiophene rings is 1. The predicted molar refractivity (Wildman–Crippen MR) is 133 cm³/mol. The van der Waals surface area contributed by atoms with Crippen molar-refractivity contribution in [2.45, 2.75) is 19.0 Å². The van der Waals surface area contributed by atoms with Crippen LogP contribution < -0.4 is 14.9 Å². The van der Waals surface area contributed by atoms with E-state index in [1.165, 1.54) is 34.4 Å². The molecular formula is C23H20ClFN4O4S2. The average molecular weight is 535 g/mol. The lowest BCUT2D eigenvalue weighted by Gasteiger charge is -2.18. The molecule has 2 aromatic heterocycles. The van der Waals surface area contributed by atoms with Crippen molar-refractivity contribution in [3.05, 3.63) is 86.4 Å². The molecule has 8 nitrogen and oxygen atoms in total. The second-order valence-electron chi connectivity index (χ2n) is 7.65. The summed E-state index contributed by atoms with van der Waals surface area (Å²) in [4.78, 5) is 31.0. The summed E-state index contributed by atoms with van der Waals surface area (Å²) in [5, 5.41) is 3.65. The van der Waals surface area contributed by atoms with Crippen LogP contribution in [0.4, 0.5) is 10.1 Å². The van der Waals surface area contributed by atoms with Crippen LogP contribution in [0.2, 0.25) is 4.34 Å². The zero-order valence-corrected chi connectivity index (χ0v) is 20.5. The molecule has 1 unspecified atom stereocenters. The van der Waals surface area contributed by atoms with Gasteiger partial charge in [0.2, 0.25) is 15.9 Å². The highest BCUT2D eigenvalue weighted by Gasteiger charge is 2.36. The number of sulfonamides is 1. The van der Waals surface area contributed by atoms with E-state index in [1.807, 2.05) is 0 Å². The van der Waals surface area contributed by atoms with E-state index in [1.54, 1.807) is 36.7 Å². The van der Waals surface area contributed by atoms with Crippen LogP contribution in [0.25, 0.3) is 6.08 Å². The molecule has 1 aliphatic rings. The smallest absolute Gasteiger partial charge is 0.251 e. The maximum Gasteiger partial charge on any atom is 0.251 e. The van der Waals surface area contributed by atoms with E-state index >= 15 is 0 Å². The van der Waals surface area contributed by atoms with Gasteiger partial charge in [-0.15, -0.1) is 11.3 Å². The summed E-state index contributed by atoms with van der Waals surface area (Å²) >= 11 is 7.05. The number of carbonyl (C=O) groups excluding carboxylic acids is 2. The molecule has 0 aliphatic carbocycles. The third kappa shape index (κ3) is 6.31. The first-order valence-electron chi connectivity index (χ1n) is 10.5. The van der Waals surface area contributed by atoms with Gasteiger partial charge in [0.15, 0.2) is 0 Å². The van der Waals surface area contributed by atoms with Gasteiger partial charge in [-0.3, -0.25) is 14.6 Å². The molecule has 1 fully saturated rings. The molecular weight excluding hydrogens is 515 g/mol. The van der Waals surface area contributed by atoms with Crippen LogP contribution in [0.1, 0.15) is 27.2 Å². The number of benzene rings is 1. The van der Waals surface area contributed by atoms with Gasteiger partial charge >= 0.3 is 0 Å². The van der Waals surface area contributed by atoms with Gasteiger partial charge < -0.3 is 10.2 Å². The minimum Gasteiger partial charge on any atom is -0.348 e. The lowest BCUT2D eigenvalue weighted by atomic mass is 10.1. The Morgan fingerprint density at radius 2 is 2.11 bits per heavy atom. The van der Waals surface area contributed by atoms with Crippen LogP contribution in [-0.2, 0) is 21.4 Å². The van der Waals surface area contributed by atoms with E-state index in [9.17, 15) is 22.4 Å². The third-order valence-corrected chi connectivity index (χ3v) is 7.50. The zero-order chi connectivity index (χ0) is 25.0. The number of nitrogens with one attached hydrogen (secondary N) is 2. The Morgan fingerprint density at radius 1 is 1.29 bits per heavy atom. The molecule has 2 amide bonds. The predicted octanol–water partition coefficient (Wildman–Crippen LogP) is 3.56. The van der Waals surface area contributed by atoms with Crippen LogP contribution in [0.3, 0.4) is 0 Å². The molecule has 0 saturated carbocycles. The van der Waals surface area contributed by atoms with Crippen LogP contribution >= 0.6 is 22.9 Å². The van der Waals surface area contributed by atoms with E-state index in [2.05, 4.69) is 15.0 Å². The highest BCUT2D eigenvalue weighted by atomic mass is 35.5. The van der Waals surface area contributed by atoms with Crippen molar-refractivity contribution >= 4 is 56.5 Å². The maximum absolute atomic E-state index is 14.8. The van der Waals surface area contributed by atoms with Crippen LogP contribution in [0.15, 0.2) is 60.3 Å². The summed E-state index contributed by atoms with van der Waals surface area (Å²) in [5.74, 6) is -1.81. The summed E-state index contributed by atoms with van der Waals surface area (Å²) in [5.41, 5.74) is 0.866. The molecule has 0 radical (unpaired) electrons. The van der Waals surface area contributed by atoms with Crippen molar-refractivity contribution in [3.8, 4) is 0 Å². The van der Waals surface area contributed by atoms with E-state index in [0.717, 1.165) is 17.0 Å². The Labute approximate surface area is 210 Å². The minimum absolute atomic E-state index is 0.0238. The molecule has 1 saturated heterocycles. The molecule has 1 atom stereocenters. The summed E-state index contributed by atoms with van der Waals surface area (Å²) in [6.45, 7) is 0.357. The number of pyridine rings is 1. The Hall–Kier alpha value is -3.12. The van der Waals surface area contributed by atoms with E-state index in [-0.39, 0.29) is 30.8 Å². The van der Waals surface area contributed by atoms with Gasteiger partial charge in [-0.05, 0) is 54.5 Å². The fourth-order valence-corrected chi connectivity index (χ4v) is 5.56. The summed E-state index contributed by atoms with van der Waals surface area (Å²) < 4.78 is 42.5. The second-order valence-corrected chi connectivity index (χ2v) is 11.0. The quantitative estimate of drug-likeness (QED) is 0.459. The molecule has 1 aromatic carbocycles. The van der Waals surface area contributed by atoms with Crippen molar-refractivity contribution in [3.63, 3.8) is 0 Å². The highest BCUT2D eigenvalue weighted by molar-refractivity contribution is 7.92. The van der Waals surface area contributed by atoms with Crippen LogP contribution in [-0.4, -0.2) is 37.8 Å². The fraction of sp³-hybridized carbons (Fsp3) is 0.174. The number of halogens is 2. The molecule has 0 spiro atoms. The van der Waals surface area contributed by atoms with E-state index in [4.69, 9.17) is 11.6 Å². The molecule has 4 rings (SSSR count). The second kappa shape index (κ2) is 10.6. The van der Waals surface area contributed by atoms with Gasteiger partial charge in [0.1, 0.15) is 11.9 Å². The fourth-order valence-electron chi connectivity index (χ4n) is 3.49. The number of hydrogen-bond acceptors (Lipinski definition) is 6. The van der Waals surface area contributed by atoms with Crippen molar-refractivity contribution in [2.75, 3.05) is 11.4 Å². The number of nitrogens with zero attached hydrogens (tertiary/aromatic N) is 2. The third-order valence-electron chi connectivity index (χ3n) is 5.19. The summed E-state index contributed by atoms with van der Waals surface area (Å²) in [7, 11) is -3.92. The number of hydrogen-bond donors (Lipinski definition) is 2. The van der Waals surface area contributed by atoms with Crippen molar-refractivity contribution in [2.24, 2.45) is 0 Å². The number of anilines is 1. The first kappa shape index (κ1) is 25.0. The van der Waals surface area contributed by atoms with Gasteiger partial charge in [-0.25, -0.2) is 12.8 Å². The van der Waals surface area contributed by atoms with E-state index in [0.29, 0.717) is 9.21 Å². The first-order valence-corrected chi connectivity index (χ1v) is 13.2. The highest BCUT2D eigenvalue weighted by Crippen LogP contribution is 2.26. The monoisotopic (exact) mass is 534 g/mol. The Kier molecular flexibility index (Phi) is 7.60. The number of rotatable bonds is 8. The number of aromatic nitrogens is 1. The Balaban J connectivity index is 1.39. The first-order chi connectivity index (χ1) is 16.7. The SMILES string of the molecule is O=C(NCc1cccnc1)c1ccc(N2CCC(NS(=O)(=O)C=Cc3ccc(Cl)s3)C2=O)c(F)c1. The van der Waals surface area contributed by atoms with Gasteiger partial charge in [-0.2, -0.15) is 4.72 Å². The van der Waals surface area contributed by atoms with Gasteiger partial charge in [-0.1, -0.05) is 17.7 Å². The van der Waals surface area contributed by atoms with Crippen LogP contribution in [0.5, 0.6) is 0 Å². The molecule has 3 aromatic rings. The van der Waals surface area contributed by atoms with Crippen molar-refractivity contribution < 1.29 is 22.4 Å². The van der Waals surface area contributed by atoms with Gasteiger partial charge in [0, 0.05) is 41.3 Å². The number of carbonyl (C=O) groups is 2. The Bertz CT molecular complexity index is 1380. The van der Waals surface area contributed by atoms with Gasteiger partial charge in [0.05, 0.1) is 10.0 Å². The van der Waals surface area contributed by atoms with Crippen molar-refractivity contribution in [1.82, 2.24) is 15.0 Å². The lowest BCUT2D eigenvalue weighted by Crippen LogP contribution is -2.40. The normalized spacial score (nSPS) is 16.2. The van der Waals surface area contributed by atoms with Crippen molar-refractivity contribution in [1.29, 1.82) is 0 Å². The zero-order valence-electron chi connectivity index (χ0n) is 18.1. The average Bonchev–Trinajstić information content (AvgIpc) is 3.42. The maximum atomic E-state index is 14.8. The molecule has 12 heteroatoms. The molecule has 1 aliphatic heterocycles. The summed E-state index contributed by atoms with van der Waals surface area (Å²) in [6.07, 6.45) is 4.78. The van der Waals surface area contributed by atoms with E-state index < -0.39 is 33.7 Å². The lowest BCUT2D eigenvalue weighted by molar-refractivity contribution is -0.118. The molecule has 0 bridgehead atoms. The number of amides is 2. The molecule has 35 heavy (non-hydrogen) atoms. The van der Waals surface area contributed by atoms with Gasteiger partial charge in [0.25, 0.3) is 5.91 Å². The standard InChI is InChI=1S/C23H20ClFN4O4S2/c24-21-6-4-17(34-21)8-11-35(32,33)28-19-7-10-29(23(19)31)20-5-3-16(12-18(20)25)22(30)27-14-15-2-1-9-26-13-15/h1-6,8-9,11-13,19,28H,7,10,14H2,(H,27,30). The topological polar surface area (TPSA) is 108 Å². The Morgan fingerprint density at radius 3 is 2.80 bits per heavy atom. The largest absolute Gasteiger partial charge is 0.348 e. The minimum atomic E-state index is -3.92. The molecule has 3 heterocycles. The summed E-state index contributed by atoms with van der Waals surface area (Å²) in [6, 6.07) is 9.63. The molecule has 182 valence electrons. The molecule has 2 N–H and O–H groups in total. The van der Waals surface area contributed by atoms with Crippen LogP contribution in [0, 0.1) is 5.82 Å².